The molecule has 2 aromatic rings. The number of nitrogens with two attached hydrogens (primary N) is 1. The second kappa shape index (κ2) is 6.35. The second-order valence-corrected chi connectivity index (χ2v) is 7.38. The third kappa shape index (κ3) is 3.78. The van der Waals surface area contributed by atoms with Gasteiger partial charge in [-0.3, -0.25) is 0 Å². The Morgan fingerprint density at radius 2 is 2.05 bits per heavy atom. The average molecular weight is 420 g/mol. The number of halogens is 2. The first-order valence-corrected chi connectivity index (χ1v) is 8.38. The van der Waals surface area contributed by atoms with Gasteiger partial charge in [-0.15, -0.1) is 11.3 Å². The lowest BCUT2D eigenvalue weighted by Gasteiger charge is -2.21. The van der Waals surface area contributed by atoms with Gasteiger partial charge in [0.15, 0.2) is 0 Å². The van der Waals surface area contributed by atoms with Gasteiger partial charge in [-0.1, -0.05) is 28.1 Å². The Bertz CT molecular complexity index is 610. The minimum Gasteiger partial charge on any atom is -0.389 e. The summed E-state index contributed by atoms with van der Waals surface area (Å²) >= 11 is 13.8. The van der Waals surface area contributed by atoms with Gasteiger partial charge in [0.05, 0.1) is 6.54 Å². The normalized spacial score (nSPS) is 10.5. The van der Waals surface area contributed by atoms with Crippen LogP contribution in [0.25, 0.3) is 0 Å². The summed E-state index contributed by atoms with van der Waals surface area (Å²) in [7, 11) is 2.04. The Hall–Kier alpha value is -0.430. The molecule has 1 aromatic carbocycles. The Morgan fingerprint density at radius 1 is 1.32 bits per heavy atom. The molecule has 0 unspecified atom stereocenters. The van der Waals surface area contributed by atoms with Crippen LogP contribution in [0.1, 0.15) is 10.4 Å². The van der Waals surface area contributed by atoms with E-state index in [1.807, 2.05) is 25.2 Å². The summed E-state index contributed by atoms with van der Waals surface area (Å²) in [4.78, 5) is 3.85. The highest BCUT2D eigenvalue weighted by Crippen LogP contribution is 2.27. The summed E-state index contributed by atoms with van der Waals surface area (Å²) < 4.78 is 2.09. The van der Waals surface area contributed by atoms with Crippen LogP contribution in [0, 0.1) is 0 Å². The van der Waals surface area contributed by atoms with Crippen molar-refractivity contribution in [3.05, 3.63) is 49.0 Å². The fourth-order valence-electron chi connectivity index (χ4n) is 1.79. The summed E-state index contributed by atoms with van der Waals surface area (Å²) in [6.07, 6.45) is 0. The summed E-state index contributed by atoms with van der Waals surface area (Å²) in [5.74, 6) is 0. The third-order valence-electron chi connectivity index (χ3n) is 2.65. The molecule has 19 heavy (non-hydrogen) atoms. The highest BCUT2D eigenvalue weighted by Gasteiger charge is 2.11. The van der Waals surface area contributed by atoms with E-state index in [9.17, 15) is 0 Å². The number of thiocarbonyl (C=S) groups is 1. The molecule has 0 saturated heterocycles. The molecule has 1 aromatic heterocycles. The topological polar surface area (TPSA) is 29.3 Å². The Labute approximate surface area is 138 Å². The predicted octanol–water partition coefficient (Wildman–Crippen LogP) is 4.54. The van der Waals surface area contributed by atoms with Crippen LogP contribution < -0.4 is 10.6 Å². The molecule has 0 aliphatic rings. The molecule has 0 radical (unpaired) electrons. The summed E-state index contributed by atoms with van der Waals surface area (Å²) in [5.41, 5.74) is 7.73. The maximum Gasteiger partial charge on any atom is 0.106 e. The minimum absolute atomic E-state index is 0.413. The molecule has 6 heteroatoms. The molecule has 0 aliphatic carbocycles. The van der Waals surface area contributed by atoms with Gasteiger partial charge in [-0.05, 0) is 40.2 Å². The van der Waals surface area contributed by atoms with Crippen molar-refractivity contribution in [2.75, 3.05) is 11.9 Å². The van der Waals surface area contributed by atoms with Crippen LogP contribution in [0.5, 0.6) is 0 Å². The Balaban J connectivity index is 2.28. The third-order valence-corrected chi connectivity index (χ3v) is 5.05. The van der Waals surface area contributed by atoms with E-state index in [0.717, 1.165) is 26.7 Å². The van der Waals surface area contributed by atoms with Crippen molar-refractivity contribution in [2.45, 2.75) is 6.54 Å². The van der Waals surface area contributed by atoms with E-state index in [2.05, 4.69) is 48.2 Å². The molecule has 100 valence electrons. The van der Waals surface area contributed by atoms with E-state index >= 15 is 0 Å². The van der Waals surface area contributed by atoms with Gasteiger partial charge >= 0.3 is 0 Å². The van der Waals surface area contributed by atoms with E-state index < -0.39 is 0 Å². The molecule has 0 amide bonds. The van der Waals surface area contributed by atoms with E-state index in [1.54, 1.807) is 11.3 Å². The molecule has 2 N–H and O–H groups in total. The van der Waals surface area contributed by atoms with Crippen LogP contribution in [-0.4, -0.2) is 12.0 Å². The van der Waals surface area contributed by atoms with Gasteiger partial charge in [-0.2, -0.15) is 0 Å². The molecule has 0 aliphatic heterocycles. The van der Waals surface area contributed by atoms with Crippen molar-refractivity contribution in [2.24, 2.45) is 5.73 Å². The molecule has 0 atom stereocenters. The van der Waals surface area contributed by atoms with Crippen molar-refractivity contribution < 1.29 is 0 Å². The fraction of sp³-hybridized carbons (Fsp3) is 0.154. The highest BCUT2D eigenvalue weighted by atomic mass is 79.9. The molecule has 1 heterocycles. The lowest BCUT2D eigenvalue weighted by molar-refractivity contribution is 0.938. The molecule has 0 fully saturated rings. The number of hydrogen-bond acceptors (Lipinski definition) is 3. The number of anilines is 1. The van der Waals surface area contributed by atoms with Crippen molar-refractivity contribution in [1.29, 1.82) is 0 Å². The minimum atomic E-state index is 0.413. The maximum absolute atomic E-state index is 5.80. The number of hydrogen-bond donors (Lipinski definition) is 1. The van der Waals surface area contributed by atoms with Crippen LogP contribution in [0.4, 0.5) is 5.69 Å². The van der Waals surface area contributed by atoms with Gasteiger partial charge in [-0.25, -0.2) is 0 Å². The number of benzene rings is 1. The van der Waals surface area contributed by atoms with Crippen molar-refractivity contribution >= 4 is 66.1 Å². The van der Waals surface area contributed by atoms with Crippen LogP contribution in [0.3, 0.4) is 0 Å². The van der Waals surface area contributed by atoms with E-state index in [1.165, 1.54) is 4.88 Å². The first kappa shape index (κ1) is 15.0. The molecule has 0 saturated carbocycles. The fourth-order valence-corrected chi connectivity index (χ4v) is 3.82. The Morgan fingerprint density at radius 3 is 2.63 bits per heavy atom. The summed E-state index contributed by atoms with van der Waals surface area (Å²) in [5, 5.41) is 2.08. The van der Waals surface area contributed by atoms with Crippen molar-refractivity contribution in [3.8, 4) is 0 Å². The zero-order valence-corrected chi connectivity index (χ0v) is 15.0. The molecular formula is C13H12Br2N2S2. The standard InChI is InChI=1S/C13H12Br2N2S2/c1-17(6-10-4-9(15)7-19-10)12-3-2-8(14)5-11(12)13(16)18/h2-5,7H,6H2,1H3,(H2,16,18). The number of thiophene rings is 1. The quantitative estimate of drug-likeness (QED) is 0.737. The zero-order valence-electron chi connectivity index (χ0n) is 10.2. The SMILES string of the molecule is CN(Cc1cc(Br)cs1)c1ccc(Br)cc1C(N)=S. The molecule has 2 nitrogen and oxygen atoms in total. The first-order chi connectivity index (χ1) is 8.97. The molecule has 0 bridgehead atoms. The number of rotatable bonds is 4. The average Bonchev–Trinajstić information content (AvgIpc) is 2.74. The second-order valence-electron chi connectivity index (χ2n) is 4.11. The van der Waals surface area contributed by atoms with Gasteiger partial charge in [0.25, 0.3) is 0 Å². The molecule has 0 spiro atoms. The van der Waals surface area contributed by atoms with Gasteiger partial charge < -0.3 is 10.6 Å². The van der Waals surface area contributed by atoms with Crippen molar-refractivity contribution in [3.63, 3.8) is 0 Å². The largest absolute Gasteiger partial charge is 0.389 e. The lowest BCUT2D eigenvalue weighted by Crippen LogP contribution is -2.21. The Kier molecular flexibility index (Phi) is 5.00. The monoisotopic (exact) mass is 418 g/mol. The summed E-state index contributed by atoms with van der Waals surface area (Å²) in [6.45, 7) is 0.827. The van der Waals surface area contributed by atoms with E-state index in [4.69, 9.17) is 18.0 Å². The predicted molar refractivity (Wildman–Crippen MR) is 94.2 cm³/mol. The van der Waals surface area contributed by atoms with Gasteiger partial charge in [0, 0.05) is 37.5 Å². The van der Waals surface area contributed by atoms with Gasteiger partial charge in [0.1, 0.15) is 4.99 Å². The van der Waals surface area contributed by atoms with Gasteiger partial charge in [0.2, 0.25) is 0 Å². The zero-order chi connectivity index (χ0) is 14.0. The highest BCUT2D eigenvalue weighted by molar-refractivity contribution is 9.10. The van der Waals surface area contributed by atoms with E-state index in [0.29, 0.717) is 4.99 Å². The summed E-state index contributed by atoms with van der Waals surface area (Å²) in [6, 6.07) is 8.11. The van der Waals surface area contributed by atoms with Crippen LogP contribution in [0.15, 0.2) is 38.6 Å². The van der Waals surface area contributed by atoms with Crippen LogP contribution >= 0.6 is 55.4 Å². The smallest absolute Gasteiger partial charge is 0.106 e. The van der Waals surface area contributed by atoms with Crippen LogP contribution in [0.2, 0.25) is 0 Å². The van der Waals surface area contributed by atoms with Crippen LogP contribution in [-0.2, 0) is 6.54 Å². The van der Waals surface area contributed by atoms with E-state index in [-0.39, 0.29) is 0 Å². The number of nitrogens with zero attached hydrogens (tertiary/aromatic N) is 1. The van der Waals surface area contributed by atoms with Crippen molar-refractivity contribution in [1.82, 2.24) is 0 Å². The maximum atomic E-state index is 5.80. The lowest BCUT2D eigenvalue weighted by atomic mass is 10.1. The molecular weight excluding hydrogens is 408 g/mol. The first-order valence-electron chi connectivity index (χ1n) is 5.51. The molecule has 2 rings (SSSR count).